The number of rotatable bonds is 5. The Balaban J connectivity index is 1.85. The molecule has 0 amide bonds. The second-order valence-electron chi connectivity index (χ2n) is 6.99. The molecule has 0 aliphatic carbocycles. The molecule has 166 valence electrons. The molecule has 1 unspecified atom stereocenters. The monoisotopic (exact) mass is 445 g/mol. The molecule has 9 heteroatoms. The van der Waals surface area contributed by atoms with Crippen LogP contribution < -0.4 is 19.1 Å². The summed E-state index contributed by atoms with van der Waals surface area (Å²) in [4.78, 5) is 14.8. The molecule has 4 rings (SSSR count). The highest BCUT2D eigenvalue weighted by Crippen LogP contribution is 2.49. The van der Waals surface area contributed by atoms with Gasteiger partial charge < -0.3 is 24.2 Å². The predicted molar refractivity (Wildman–Crippen MR) is 109 cm³/mol. The highest BCUT2D eigenvalue weighted by Gasteiger charge is 2.52. The number of anilines is 2. The smallest absolute Gasteiger partial charge is 0.497 e. The van der Waals surface area contributed by atoms with Gasteiger partial charge in [-0.1, -0.05) is 12.1 Å². The minimum absolute atomic E-state index is 0.0722. The molecule has 0 spiro atoms. The van der Waals surface area contributed by atoms with Gasteiger partial charge in [-0.3, -0.25) is 4.79 Å². The fourth-order valence-electron chi connectivity index (χ4n) is 3.69. The van der Waals surface area contributed by atoms with Gasteiger partial charge in [-0.2, -0.15) is 0 Å². The Labute approximate surface area is 181 Å². The first-order valence-electron chi connectivity index (χ1n) is 9.43. The van der Waals surface area contributed by atoms with E-state index in [0.717, 1.165) is 12.1 Å². The molecule has 1 heterocycles. The Kier molecular flexibility index (Phi) is 5.21. The van der Waals surface area contributed by atoms with Crippen molar-refractivity contribution in [3.63, 3.8) is 0 Å². The van der Waals surface area contributed by atoms with Crippen molar-refractivity contribution in [3.05, 3.63) is 77.9 Å². The second kappa shape index (κ2) is 7.76. The standard InChI is InChI=1S/C23H18F3NO5/c1-30-16-9-5-15(6-10-16)27-20-13-18(31-2)11-12-19(20)21(28)22(27,29)14-3-7-17(8-4-14)32-23(24,25)26/h3-13,29H,1-2H3. The van der Waals surface area contributed by atoms with E-state index in [-0.39, 0.29) is 11.1 Å². The summed E-state index contributed by atoms with van der Waals surface area (Å²) in [5, 5.41) is 11.7. The van der Waals surface area contributed by atoms with E-state index in [1.807, 2.05) is 0 Å². The third kappa shape index (κ3) is 3.60. The average molecular weight is 445 g/mol. The lowest BCUT2D eigenvalue weighted by Gasteiger charge is -2.34. The number of hydrogen-bond donors (Lipinski definition) is 1. The van der Waals surface area contributed by atoms with Gasteiger partial charge in [-0.15, -0.1) is 13.2 Å². The zero-order valence-corrected chi connectivity index (χ0v) is 17.0. The van der Waals surface area contributed by atoms with Crippen LogP contribution in [0.15, 0.2) is 66.7 Å². The van der Waals surface area contributed by atoms with Gasteiger partial charge in [0.1, 0.15) is 17.2 Å². The number of methoxy groups -OCH3 is 2. The number of benzene rings is 3. The molecular weight excluding hydrogens is 427 g/mol. The van der Waals surface area contributed by atoms with Crippen molar-refractivity contribution < 1.29 is 37.3 Å². The maximum Gasteiger partial charge on any atom is 0.573 e. The van der Waals surface area contributed by atoms with Crippen molar-refractivity contribution in [1.29, 1.82) is 0 Å². The molecule has 0 saturated heterocycles. The van der Waals surface area contributed by atoms with Crippen molar-refractivity contribution in [2.24, 2.45) is 0 Å². The zero-order valence-electron chi connectivity index (χ0n) is 17.0. The number of carbonyl (C=O) groups excluding carboxylic acids is 1. The summed E-state index contributed by atoms with van der Waals surface area (Å²) in [5.74, 6) is -0.0588. The van der Waals surface area contributed by atoms with Gasteiger partial charge in [-0.05, 0) is 48.5 Å². The Hall–Kier alpha value is -3.72. The minimum Gasteiger partial charge on any atom is -0.497 e. The molecule has 3 aromatic carbocycles. The summed E-state index contributed by atoms with van der Waals surface area (Å²) in [6.07, 6.45) is -4.86. The number of Topliss-reactive ketones (excluding diaryl/α,β-unsaturated/α-hetero) is 1. The van der Waals surface area contributed by atoms with E-state index < -0.39 is 23.6 Å². The Morgan fingerprint density at radius 3 is 1.97 bits per heavy atom. The summed E-state index contributed by atoms with van der Waals surface area (Å²) in [5.41, 5.74) is -1.05. The van der Waals surface area contributed by atoms with E-state index in [9.17, 15) is 23.1 Å². The largest absolute Gasteiger partial charge is 0.573 e. The molecule has 3 aromatic rings. The molecule has 32 heavy (non-hydrogen) atoms. The Bertz CT molecular complexity index is 1150. The van der Waals surface area contributed by atoms with Gasteiger partial charge >= 0.3 is 6.36 Å². The van der Waals surface area contributed by atoms with Gasteiger partial charge in [0.15, 0.2) is 0 Å². The van der Waals surface area contributed by atoms with E-state index in [2.05, 4.69) is 4.74 Å². The lowest BCUT2D eigenvalue weighted by atomic mass is 9.96. The molecule has 6 nitrogen and oxygen atoms in total. The number of nitrogens with zero attached hydrogens (tertiary/aromatic N) is 1. The third-order valence-corrected chi connectivity index (χ3v) is 5.15. The van der Waals surface area contributed by atoms with Gasteiger partial charge in [0.25, 0.3) is 0 Å². The topological polar surface area (TPSA) is 68.2 Å². The third-order valence-electron chi connectivity index (χ3n) is 5.15. The number of ketones is 1. The number of alkyl halides is 3. The highest BCUT2D eigenvalue weighted by molar-refractivity contribution is 6.15. The van der Waals surface area contributed by atoms with Gasteiger partial charge in [0.2, 0.25) is 11.5 Å². The van der Waals surface area contributed by atoms with Crippen LogP contribution in [-0.4, -0.2) is 31.5 Å². The number of ether oxygens (including phenoxy) is 3. The first kappa shape index (κ1) is 21.5. The number of aliphatic hydroxyl groups is 1. The Morgan fingerprint density at radius 2 is 1.41 bits per heavy atom. The van der Waals surface area contributed by atoms with Gasteiger partial charge in [0, 0.05) is 22.9 Å². The van der Waals surface area contributed by atoms with Gasteiger partial charge in [0.05, 0.1) is 19.9 Å². The second-order valence-corrected chi connectivity index (χ2v) is 6.99. The molecule has 1 atom stereocenters. The maximum atomic E-state index is 13.4. The first-order chi connectivity index (χ1) is 15.2. The predicted octanol–water partition coefficient (Wildman–Crippen LogP) is 4.78. The van der Waals surface area contributed by atoms with Crippen LogP contribution in [0.1, 0.15) is 15.9 Å². The van der Waals surface area contributed by atoms with Crippen LogP contribution in [0.2, 0.25) is 0 Å². The van der Waals surface area contributed by atoms with Crippen LogP contribution >= 0.6 is 0 Å². The van der Waals surface area contributed by atoms with Crippen LogP contribution in [0, 0.1) is 0 Å². The SMILES string of the molecule is COc1ccc(N2c3cc(OC)ccc3C(=O)C2(O)c2ccc(OC(F)(F)F)cc2)cc1. The van der Waals surface area contributed by atoms with E-state index in [0.29, 0.717) is 22.9 Å². The Morgan fingerprint density at radius 1 is 0.844 bits per heavy atom. The van der Waals surface area contributed by atoms with Crippen molar-refractivity contribution in [3.8, 4) is 17.2 Å². The molecule has 0 saturated carbocycles. The van der Waals surface area contributed by atoms with Crippen molar-refractivity contribution in [2.45, 2.75) is 12.1 Å². The molecule has 1 aliphatic rings. The van der Waals surface area contributed by atoms with Crippen molar-refractivity contribution in [1.82, 2.24) is 0 Å². The minimum atomic E-state index is -4.86. The molecule has 0 fully saturated rings. The molecule has 1 aliphatic heterocycles. The van der Waals surface area contributed by atoms with Crippen LogP contribution in [-0.2, 0) is 5.72 Å². The normalized spacial score (nSPS) is 17.8. The van der Waals surface area contributed by atoms with E-state index >= 15 is 0 Å². The summed E-state index contributed by atoms with van der Waals surface area (Å²) < 4.78 is 51.9. The van der Waals surface area contributed by atoms with E-state index in [4.69, 9.17) is 9.47 Å². The quantitative estimate of drug-likeness (QED) is 0.610. The molecule has 0 radical (unpaired) electrons. The van der Waals surface area contributed by atoms with Crippen LogP contribution in [0.25, 0.3) is 0 Å². The zero-order chi connectivity index (χ0) is 23.1. The summed E-state index contributed by atoms with van der Waals surface area (Å²) in [6, 6.07) is 15.9. The molecule has 1 N–H and O–H groups in total. The fourth-order valence-corrected chi connectivity index (χ4v) is 3.69. The van der Waals surface area contributed by atoms with Crippen molar-refractivity contribution >= 4 is 17.2 Å². The van der Waals surface area contributed by atoms with E-state index in [1.165, 1.54) is 37.3 Å². The lowest BCUT2D eigenvalue weighted by molar-refractivity contribution is -0.274. The number of halogens is 3. The number of fused-ring (bicyclic) bond motifs is 1. The molecule has 0 aromatic heterocycles. The van der Waals surface area contributed by atoms with Crippen molar-refractivity contribution in [2.75, 3.05) is 19.1 Å². The molecular formula is C23H18F3NO5. The fraction of sp³-hybridized carbons (Fsp3) is 0.174. The van der Waals surface area contributed by atoms with Crippen LogP contribution in [0.5, 0.6) is 17.2 Å². The lowest BCUT2D eigenvalue weighted by Crippen LogP contribution is -2.45. The first-order valence-corrected chi connectivity index (χ1v) is 9.43. The van der Waals surface area contributed by atoms with Crippen LogP contribution in [0.4, 0.5) is 24.5 Å². The van der Waals surface area contributed by atoms with E-state index in [1.54, 1.807) is 36.4 Å². The highest BCUT2D eigenvalue weighted by atomic mass is 19.4. The van der Waals surface area contributed by atoms with Crippen LogP contribution in [0.3, 0.4) is 0 Å². The number of hydrogen-bond acceptors (Lipinski definition) is 6. The van der Waals surface area contributed by atoms with Gasteiger partial charge in [-0.25, -0.2) is 0 Å². The number of carbonyl (C=O) groups is 1. The summed E-state index contributed by atoms with van der Waals surface area (Å²) in [6.45, 7) is 0. The summed E-state index contributed by atoms with van der Waals surface area (Å²) >= 11 is 0. The molecule has 0 bridgehead atoms. The maximum absolute atomic E-state index is 13.4. The average Bonchev–Trinajstić information content (AvgIpc) is 3.00. The summed E-state index contributed by atoms with van der Waals surface area (Å²) in [7, 11) is 2.98.